The Balaban J connectivity index is 1.15. The summed E-state index contributed by atoms with van der Waals surface area (Å²) in [6.07, 6.45) is 0. The summed E-state index contributed by atoms with van der Waals surface area (Å²) in [6.45, 7) is 11.7. The van der Waals surface area contributed by atoms with Gasteiger partial charge in [-0.2, -0.15) is 0 Å². The molecular weight excluding hydrogens is 828 g/mol. The first-order valence-electron chi connectivity index (χ1n) is 23.4. The zero-order chi connectivity index (χ0) is 45.4. The van der Waals surface area contributed by atoms with Gasteiger partial charge in [-0.05, 0) is 131 Å². The molecule has 0 unspecified atom stereocenters. The number of thiophene rings is 1. The van der Waals surface area contributed by atoms with Crippen LogP contribution in [0.3, 0.4) is 0 Å². The van der Waals surface area contributed by atoms with E-state index in [0.29, 0.717) is 0 Å². The van der Waals surface area contributed by atoms with Crippen molar-refractivity contribution in [1.82, 2.24) is 0 Å². The number of rotatable bonds is 7. The summed E-state index contributed by atoms with van der Waals surface area (Å²) >= 11 is 1.88. The molecule has 1 aliphatic heterocycles. The van der Waals surface area contributed by atoms with Gasteiger partial charge in [0.2, 0.25) is 7.28 Å². The maximum absolute atomic E-state index is 4.02. The predicted octanol–water partition coefficient (Wildman–Crippen LogP) is 16.4. The molecule has 2 heterocycles. The molecule has 0 spiro atoms. The minimum atomic E-state index is -0.175. The number of hydrogen-bond donors (Lipinski definition) is 1. The molecule has 0 atom stereocenters. The van der Waals surface area contributed by atoms with Crippen molar-refractivity contribution < 1.29 is 0 Å². The maximum Gasteiger partial charge on any atom is 0.211 e. The minimum Gasteiger partial charge on any atom is -0.355 e. The lowest BCUT2D eigenvalue weighted by Crippen LogP contribution is -2.39. The quantitative estimate of drug-likeness (QED) is 0.161. The molecule has 9 aromatic carbocycles. The van der Waals surface area contributed by atoms with E-state index < -0.39 is 0 Å². The summed E-state index contributed by atoms with van der Waals surface area (Å²) in [5.74, 6) is 0. The van der Waals surface area contributed by atoms with E-state index in [9.17, 15) is 0 Å². The summed E-state index contributed by atoms with van der Waals surface area (Å²) in [5.41, 5.74) is 22.8. The van der Waals surface area contributed by atoms with Gasteiger partial charge in [0.25, 0.3) is 0 Å². The van der Waals surface area contributed by atoms with Crippen molar-refractivity contribution in [1.29, 1.82) is 0 Å². The van der Waals surface area contributed by atoms with Crippen LogP contribution in [0.5, 0.6) is 0 Å². The lowest BCUT2D eigenvalue weighted by molar-refractivity contribution is 0.590. The van der Waals surface area contributed by atoms with Crippen LogP contribution in [0.15, 0.2) is 206 Å². The van der Waals surface area contributed by atoms with Crippen molar-refractivity contribution in [3.63, 3.8) is 0 Å². The minimum absolute atomic E-state index is 0.0322. The van der Waals surface area contributed by atoms with Crippen molar-refractivity contribution in [2.45, 2.75) is 45.4 Å². The third-order valence-electron chi connectivity index (χ3n) is 14.1. The van der Waals surface area contributed by atoms with Gasteiger partial charge in [0, 0.05) is 43.7 Å². The molecule has 67 heavy (non-hydrogen) atoms. The molecule has 4 heteroatoms. The van der Waals surface area contributed by atoms with Crippen molar-refractivity contribution in [2.24, 2.45) is 0 Å². The number of nitrogens with one attached hydrogen (secondary N) is 1. The van der Waals surface area contributed by atoms with Gasteiger partial charge in [-0.1, -0.05) is 186 Å². The molecule has 10 aromatic rings. The van der Waals surface area contributed by atoms with Gasteiger partial charge in [0.05, 0.1) is 11.4 Å². The Morgan fingerprint density at radius 2 is 1.10 bits per heavy atom. The molecule has 2 nitrogen and oxygen atoms in total. The van der Waals surface area contributed by atoms with Crippen LogP contribution in [-0.2, 0) is 10.8 Å². The fourth-order valence-corrected chi connectivity index (χ4v) is 11.7. The van der Waals surface area contributed by atoms with Gasteiger partial charge in [0.1, 0.15) is 0 Å². The first-order chi connectivity index (χ1) is 32.6. The SMILES string of the molecule is CC(C)(C)c1ccc(N2c3cc(-c4ccccc4)cc(-c4cc5c(cc4Nc4ccc(-c6ccccc6)cc4)C(C)(C)c4ccccc4-5)c3[B]c3sc4ccccc4c32)c(-c2ccccc2)c1. The van der Waals surface area contributed by atoms with E-state index in [-0.39, 0.29) is 10.8 Å². The van der Waals surface area contributed by atoms with Crippen LogP contribution in [0.1, 0.15) is 51.3 Å². The second kappa shape index (κ2) is 15.9. The molecule has 1 radical (unpaired) electrons. The average Bonchev–Trinajstić information content (AvgIpc) is 3.84. The van der Waals surface area contributed by atoms with E-state index in [1.165, 1.54) is 98.3 Å². The first kappa shape index (κ1) is 41.1. The normalized spacial score (nSPS) is 13.4. The average molecular weight is 878 g/mol. The van der Waals surface area contributed by atoms with Gasteiger partial charge < -0.3 is 10.2 Å². The summed E-state index contributed by atoms with van der Waals surface area (Å²) in [7, 11) is 2.48. The van der Waals surface area contributed by atoms with Gasteiger partial charge >= 0.3 is 0 Å². The van der Waals surface area contributed by atoms with E-state index in [1.807, 2.05) is 11.3 Å². The number of benzene rings is 9. The van der Waals surface area contributed by atoms with E-state index in [1.54, 1.807) is 0 Å². The standard InChI is InChI=1S/C63H50BN2S/c1-62(2,3)45-31-34-56(49(37-45)43-23-13-8-14-24-43)66-57-36-44(41-21-11-7-12-22-41)35-52(59(57)64-61-60(66)48-26-16-18-28-58(48)67-61)51-38-50-47-25-15-17-27-53(47)63(4,5)54(50)39-55(51)65-46-32-29-42(30-33-46)40-19-9-6-10-20-40/h6-39,65H,1-5H3. The zero-order valence-electron chi connectivity index (χ0n) is 38.6. The molecule has 1 aliphatic carbocycles. The molecule has 1 aromatic heterocycles. The molecule has 0 saturated carbocycles. The molecule has 0 bridgehead atoms. The Morgan fingerprint density at radius 3 is 1.82 bits per heavy atom. The van der Waals surface area contributed by atoms with E-state index in [0.717, 1.165) is 22.7 Å². The van der Waals surface area contributed by atoms with Crippen molar-refractivity contribution in [2.75, 3.05) is 10.2 Å². The smallest absolute Gasteiger partial charge is 0.211 e. The molecular formula is C63H50BN2S. The number of fused-ring (bicyclic) bond motifs is 7. The first-order valence-corrected chi connectivity index (χ1v) is 24.2. The van der Waals surface area contributed by atoms with Crippen LogP contribution in [-0.4, -0.2) is 7.28 Å². The second-order valence-electron chi connectivity index (χ2n) is 19.6. The van der Waals surface area contributed by atoms with Gasteiger partial charge in [0.15, 0.2) is 0 Å². The van der Waals surface area contributed by atoms with Crippen LogP contribution in [0.4, 0.5) is 28.4 Å². The Labute approximate surface area is 399 Å². The lowest BCUT2D eigenvalue weighted by atomic mass is 9.61. The van der Waals surface area contributed by atoms with E-state index in [2.05, 4.69) is 258 Å². The highest BCUT2D eigenvalue weighted by Gasteiger charge is 2.38. The van der Waals surface area contributed by atoms with Crippen molar-refractivity contribution in [3.05, 3.63) is 223 Å². The zero-order valence-corrected chi connectivity index (χ0v) is 39.4. The monoisotopic (exact) mass is 877 g/mol. The fourth-order valence-electron chi connectivity index (χ4n) is 10.5. The lowest BCUT2D eigenvalue weighted by Gasteiger charge is -2.36. The molecule has 2 aliphatic rings. The van der Waals surface area contributed by atoms with Crippen LogP contribution < -0.4 is 20.5 Å². The van der Waals surface area contributed by atoms with Crippen LogP contribution >= 0.6 is 11.3 Å². The Hall–Kier alpha value is -7.40. The van der Waals surface area contributed by atoms with Gasteiger partial charge in [-0.25, -0.2) is 0 Å². The largest absolute Gasteiger partial charge is 0.355 e. The summed E-state index contributed by atoms with van der Waals surface area (Å²) in [6, 6.07) is 76.3. The summed E-state index contributed by atoms with van der Waals surface area (Å²) in [5, 5.41) is 5.28. The summed E-state index contributed by atoms with van der Waals surface area (Å²) < 4.78 is 2.52. The van der Waals surface area contributed by atoms with Crippen molar-refractivity contribution in [3.8, 4) is 55.6 Å². The van der Waals surface area contributed by atoms with E-state index >= 15 is 0 Å². The number of hydrogen-bond acceptors (Lipinski definition) is 3. The predicted molar refractivity (Wildman–Crippen MR) is 289 cm³/mol. The molecule has 0 saturated heterocycles. The topological polar surface area (TPSA) is 15.3 Å². The number of anilines is 5. The van der Waals surface area contributed by atoms with E-state index in [4.69, 9.17) is 0 Å². The maximum atomic E-state index is 4.02. The van der Waals surface area contributed by atoms with Crippen LogP contribution in [0.2, 0.25) is 0 Å². The molecule has 12 rings (SSSR count). The van der Waals surface area contributed by atoms with Crippen molar-refractivity contribution >= 4 is 67.4 Å². The van der Waals surface area contributed by atoms with Crippen LogP contribution in [0, 0.1) is 0 Å². The number of nitrogens with zero attached hydrogens (tertiary/aromatic N) is 1. The third-order valence-corrected chi connectivity index (χ3v) is 15.2. The fraction of sp³-hybridized carbons (Fsp3) is 0.111. The molecule has 321 valence electrons. The highest BCUT2D eigenvalue weighted by atomic mass is 32.1. The van der Waals surface area contributed by atoms with Crippen LogP contribution in [0.25, 0.3) is 65.7 Å². The Kier molecular flexibility index (Phi) is 9.74. The Bertz CT molecular complexity index is 3510. The third kappa shape index (κ3) is 7.02. The molecule has 1 N–H and O–H groups in total. The van der Waals surface area contributed by atoms with Gasteiger partial charge in [-0.3, -0.25) is 0 Å². The Morgan fingerprint density at radius 1 is 0.478 bits per heavy atom. The second-order valence-corrected chi connectivity index (χ2v) is 20.7. The summed E-state index contributed by atoms with van der Waals surface area (Å²) in [4.78, 5) is 2.59. The molecule has 0 amide bonds. The highest BCUT2D eigenvalue weighted by Crippen LogP contribution is 2.53. The molecule has 0 fully saturated rings. The van der Waals surface area contributed by atoms with Gasteiger partial charge in [-0.15, -0.1) is 11.3 Å². The highest BCUT2D eigenvalue weighted by molar-refractivity contribution is 7.29.